The van der Waals surface area contributed by atoms with Gasteiger partial charge in [0.15, 0.2) is 6.61 Å². The van der Waals surface area contributed by atoms with Gasteiger partial charge in [0.2, 0.25) is 0 Å². The van der Waals surface area contributed by atoms with E-state index in [1.54, 1.807) is 32.6 Å². The van der Waals surface area contributed by atoms with Gasteiger partial charge in [-0.15, -0.1) is 11.3 Å². The number of esters is 1. The number of fused-ring (bicyclic) bond motifs is 3. The second-order valence-electron chi connectivity index (χ2n) is 6.89. The maximum Gasteiger partial charge on any atom is 0.348 e. The van der Waals surface area contributed by atoms with E-state index in [9.17, 15) is 9.59 Å². The van der Waals surface area contributed by atoms with Crippen LogP contribution in [0.15, 0.2) is 47.1 Å². The summed E-state index contributed by atoms with van der Waals surface area (Å²) in [5, 5.41) is 0. The Labute approximate surface area is 172 Å². The van der Waals surface area contributed by atoms with Gasteiger partial charge in [0, 0.05) is 11.9 Å². The van der Waals surface area contributed by atoms with Crippen molar-refractivity contribution in [2.75, 3.05) is 20.8 Å². The molecule has 4 rings (SSSR count). The molecular formula is C22H21NO5S. The third-order valence-electron chi connectivity index (χ3n) is 4.96. The highest BCUT2D eigenvalue weighted by Crippen LogP contribution is 2.41. The highest BCUT2D eigenvalue weighted by Gasteiger charge is 2.23. The fourth-order valence-electron chi connectivity index (χ4n) is 3.37. The third-order valence-corrected chi connectivity index (χ3v) is 6.15. The Kier molecular flexibility index (Phi) is 5.40. The molecule has 2 heterocycles. The molecule has 7 heteroatoms. The van der Waals surface area contributed by atoms with Gasteiger partial charge in [-0.3, -0.25) is 4.79 Å². The van der Waals surface area contributed by atoms with Gasteiger partial charge in [0.1, 0.15) is 16.4 Å². The normalized spacial score (nSPS) is 12.1. The van der Waals surface area contributed by atoms with E-state index in [-0.39, 0.29) is 12.5 Å². The van der Waals surface area contributed by atoms with Gasteiger partial charge >= 0.3 is 5.97 Å². The van der Waals surface area contributed by atoms with Gasteiger partial charge in [0.25, 0.3) is 5.91 Å². The van der Waals surface area contributed by atoms with Crippen LogP contribution in [0.5, 0.6) is 5.75 Å². The largest absolute Gasteiger partial charge is 0.497 e. The number of methoxy groups -OCH3 is 1. The Morgan fingerprint density at radius 1 is 1.17 bits per heavy atom. The van der Waals surface area contributed by atoms with E-state index in [0.717, 1.165) is 34.6 Å². The summed E-state index contributed by atoms with van der Waals surface area (Å²) in [5.41, 5.74) is 3.49. The summed E-state index contributed by atoms with van der Waals surface area (Å²) in [5.74, 6) is 0.752. The number of carbonyl (C=O) groups is 2. The predicted molar refractivity (Wildman–Crippen MR) is 109 cm³/mol. The maximum absolute atomic E-state index is 12.5. The molecule has 1 amide bonds. The van der Waals surface area contributed by atoms with Crippen LogP contribution in [0, 0.1) is 0 Å². The smallest absolute Gasteiger partial charge is 0.348 e. The summed E-state index contributed by atoms with van der Waals surface area (Å²) in [4.78, 5) is 27.8. The van der Waals surface area contributed by atoms with Crippen LogP contribution in [-0.2, 0) is 28.9 Å². The minimum atomic E-state index is -0.473. The van der Waals surface area contributed by atoms with E-state index in [4.69, 9.17) is 13.9 Å². The molecule has 1 aliphatic rings. The number of rotatable bonds is 6. The van der Waals surface area contributed by atoms with Crippen molar-refractivity contribution in [2.24, 2.45) is 0 Å². The molecule has 0 spiro atoms. The lowest BCUT2D eigenvalue weighted by Crippen LogP contribution is -2.30. The number of hydrogen-bond acceptors (Lipinski definition) is 6. The number of thiophene rings is 1. The van der Waals surface area contributed by atoms with Crippen LogP contribution in [0.1, 0.15) is 26.6 Å². The average Bonchev–Trinajstić information content (AvgIpc) is 3.40. The quantitative estimate of drug-likeness (QED) is 0.575. The molecule has 2 aromatic heterocycles. The van der Waals surface area contributed by atoms with Crippen molar-refractivity contribution in [3.8, 4) is 16.2 Å². The van der Waals surface area contributed by atoms with Crippen molar-refractivity contribution >= 4 is 23.2 Å². The summed E-state index contributed by atoms with van der Waals surface area (Å²) < 4.78 is 15.8. The second-order valence-corrected chi connectivity index (χ2v) is 7.95. The number of furan rings is 1. The predicted octanol–water partition coefficient (Wildman–Crippen LogP) is 3.93. The molecule has 0 saturated carbocycles. The van der Waals surface area contributed by atoms with E-state index in [1.807, 2.05) is 24.3 Å². The summed E-state index contributed by atoms with van der Waals surface area (Å²) in [7, 11) is 3.30. The van der Waals surface area contributed by atoms with Crippen molar-refractivity contribution in [2.45, 2.75) is 19.4 Å². The molecule has 0 saturated heterocycles. The van der Waals surface area contributed by atoms with Crippen molar-refractivity contribution < 1.29 is 23.5 Å². The van der Waals surface area contributed by atoms with Crippen LogP contribution >= 0.6 is 11.3 Å². The molecule has 150 valence electrons. The summed E-state index contributed by atoms with van der Waals surface area (Å²) >= 11 is 1.41. The lowest BCUT2D eigenvalue weighted by molar-refractivity contribution is -0.133. The van der Waals surface area contributed by atoms with Gasteiger partial charge < -0.3 is 18.8 Å². The van der Waals surface area contributed by atoms with E-state index >= 15 is 0 Å². The molecule has 1 aromatic carbocycles. The van der Waals surface area contributed by atoms with Crippen LogP contribution in [0.4, 0.5) is 0 Å². The Morgan fingerprint density at radius 3 is 2.76 bits per heavy atom. The van der Waals surface area contributed by atoms with Crippen molar-refractivity contribution in [3.63, 3.8) is 0 Å². The molecule has 6 nitrogen and oxygen atoms in total. The average molecular weight is 411 g/mol. The van der Waals surface area contributed by atoms with Gasteiger partial charge in [-0.05, 0) is 65.9 Å². The molecule has 3 aromatic rings. The molecule has 0 atom stereocenters. The fraction of sp³-hybridized carbons (Fsp3) is 0.273. The molecule has 0 bridgehead atoms. The highest BCUT2D eigenvalue weighted by molar-refractivity contribution is 7.17. The molecule has 1 aliphatic carbocycles. The van der Waals surface area contributed by atoms with Gasteiger partial charge in [0.05, 0.1) is 19.9 Å². The first-order chi connectivity index (χ1) is 14.0. The summed E-state index contributed by atoms with van der Waals surface area (Å²) in [6, 6.07) is 11.4. The van der Waals surface area contributed by atoms with Crippen LogP contribution in [0.25, 0.3) is 10.4 Å². The van der Waals surface area contributed by atoms with Gasteiger partial charge in [-0.1, -0.05) is 0 Å². The number of carbonyl (C=O) groups excluding carboxylic acids is 2. The van der Waals surface area contributed by atoms with Gasteiger partial charge in [-0.2, -0.15) is 0 Å². The zero-order valence-corrected chi connectivity index (χ0v) is 17.1. The number of ether oxygens (including phenoxy) is 2. The number of amides is 1. The first-order valence-electron chi connectivity index (χ1n) is 9.28. The first-order valence-corrected chi connectivity index (χ1v) is 10.1. The van der Waals surface area contributed by atoms with Crippen LogP contribution in [0.2, 0.25) is 0 Å². The maximum atomic E-state index is 12.5. The zero-order chi connectivity index (χ0) is 20.4. The summed E-state index contributed by atoms with van der Waals surface area (Å²) in [6.45, 7) is 0.0311. The Hall–Kier alpha value is -3.06. The Bertz CT molecular complexity index is 1040. The van der Waals surface area contributed by atoms with Crippen molar-refractivity contribution in [3.05, 3.63) is 64.4 Å². The third kappa shape index (κ3) is 4.05. The van der Waals surface area contributed by atoms with E-state index in [2.05, 4.69) is 0 Å². The second kappa shape index (κ2) is 8.13. The fourth-order valence-corrected chi connectivity index (χ4v) is 4.54. The Morgan fingerprint density at radius 2 is 2.00 bits per heavy atom. The molecule has 29 heavy (non-hydrogen) atoms. The monoisotopic (exact) mass is 411 g/mol. The number of benzene rings is 1. The van der Waals surface area contributed by atoms with E-state index in [0.29, 0.717) is 17.2 Å². The number of hydrogen-bond donors (Lipinski definition) is 0. The molecule has 0 radical (unpaired) electrons. The topological polar surface area (TPSA) is 69.0 Å². The highest BCUT2D eigenvalue weighted by atomic mass is 32.1. The summed E-state index contributed by atoms with van der Waals surface area (Å²) in [6.07, 6.45) is 3.32. The molecule has 0 aliphatic heterocycles. The lowest BCUT2D eigenvalue weighted by Gasteiger charge is -2.16. The van der Waals surface area contributed by atoms with Gasteiger partial charge in [-0.25, -0.2) is 4.79 Å². The van der Waals surface area contributed by atoms with E-state index in [1.165, 1.54) is 21.8 Å². The molecule has 0 N–H and O–H groups in total. The number of aryl methyl sites for hydroxylation is 2. The minimum Gasteiger partial charge on any atom is -0.497 e. The lowest BCUT2D eigenvalue weighted by atomic mass is 9.91. The minimum absolute atomic E-state index is 0.284. The van der Waals surface area contributed by atoms with Crippen LogP contribution in [0.3, 0.4) is 0 Å². The van der Waals surface area contributed by atoms with Crippen molar-refractivity contribution in [1.82, 2.24) is 4.90 Å². The standard InChI is InChI=1S/C22H21NO5S/c1-23(12-17-4-3-9-27-17)20(24)13-28-22(25)19-11-15-6-5-14-10-16(26-2)7-8-18(14)21(15)29-19/h3-4,7-11H,5-6,12-13H2,1-2H3. The first kappa shape index (κ1) is 19.3. The van der Waals surface area contributed by atoms with Crippen LogP contribution in [-0.4, -0.2) is 37.5 Å². The molecule has 0 unspecified atom stereocenters. The zero-order valence-electron chi connectivity index (χ0n) is 16.3. The SMILES string of the molecule is COc1ccc2c(c1)CCc1cc(C(=O)OCC(=O)N(C)Cc3ccco3)sc1-2. The van der Waals surface area contributed by atoms with Crippen LogP contribution < -0.4 is 4.74 Å². The number of likely N-dealkylation sites (N-methyl/N-ethyl adjacent to an activating group) is 1. The number of nitrogens with zero attached hydrogens (tertiary/aromatic N) is 1. The molecule has 0 fully saturated rings. The van der Waals surface area contributed by atoms with Crippen molar-refractivity contribution in [1.29, 1.82) is 0 Å². The molecular weight excluding hydrogens is 390 g/mol. The Balaban J connectivity index is 1.41. The van der Waals surface area contributed by atoms with E-state index < -0.39 is 5.97 Å².